The zero-order chi connectivity index (χ0) is 18.8. The SMILES string of the molecule is c1ccc2[nH]c(-c3ccc(N4CCC(NC5CCCOC5)CC4)cc3)cc2c1. The second-order valence-corrected chi connectivity index (χ2v) is 8.16. The molecule has 0 radical (unpaired) electrons. The van der Waals surface area contributed by atoms with Crippen molar-refractivity contribution in [3.8, 4) is 11.3 Å². The lowest BCUT2D eigenvalue weighted by atomic mass is 10.0. The number of hydrogen-bond donors (Lipinski definition) is 2. The van der Waals surface area contributed by atoms with Gasteiger partial charge in [0.05, 0.1) is 6.61 Å². The molecule has 2 N–H and O–H groups in total. The molecular weight excluding hydrogens is 346 g/mol. The first kappa shape index (κ1) is 17.8. The fraction of sp³-hybridized carbons (Fsp3) is 0.417. The van der Waals surface area contributed by atoms with E-state index in [1.54, 1.807) is 0 Å². The van der Waals surface area contributed by atoms with Crippen LogP contribution in [0.5, 0.6) is 0 Å². The minimum absolute atomic E-state index is 0.556. The molecule has 4 nitrogen and oxygen atoms in total. The van der Waals surface area contributed by atoms with Crippen molar-refractivity contribution in [2.45, 2.75) is 37.8 Å². The lowest BCUT2D eigenvalue weighted by molar-refractivity contribution is 0.0650. The summed E-state index contributed by atoms with van der Waals surface area (Å²) >= 11 is 0. The number of para-hydroxylation sites is 1. The van der Waals surface area contributed by atoms with Crippen molar-refractivity contribution in [3.63, 3.8) is 0 Å². The third kappa shape index (κ3) is 3.80. The number of nitrogens with zero attached hydrogens (tertiary/aromatic N) is 1. The number of ether oxygens (including phenoxy) is 1. The summed E-state index contributed by atoms with van der Waals surface area (Å²) in [4.78, 5) is 6.04. The number of benzene rings is 2. The summed E-state index contributed by atoms with van der Waals surface area (Å²) in [6, 6.07) is 20.9. The van der Waals surface area contributed by atoms with Gasteiger partial charge >= 0.3 is 0 Å². The smallest absolute Gasteiger partial charge is 0.0619 e. The highest BCUT2D eigenvalue weighted by Gasteiger charge is 2.23. The summed E-state index contributed by atoms with van der Waals surface area (Å²) in [7, 11) is 0. The number of hydrogen-bond acceptors (Lipinski definition) is 3. The van der Waals surface area contributed by atoms with Gasteiger partial charge in [0.2, 0.25) is 0 Å². The Morgan fingerprint density at radius 1 is 0.929 bits per heavy atom. The summed E-state index contributed by atoms with van der Waals surface area (Å²) < 4.78 is 5.61. The van der Waals surface area contributed by atoms with Crippen molar-refractivity contribution in [3.05, 3.63) is 54.6 Å². The molecule has 28 heavy (non-hydrogen) atoms. The maximum absolute atomic E-state index is 5.61. The second kappa shape index (κ2) is 7.98. The number of nitrogens with one attached hydrogen (secondary N) is 2. The van der Waals surface area contributed by atoms with Gasteiger partial charge in [-0.3, -0.25) is 0 Å². The van der Waals surface area contributed by atoms with Gasteiger partial charge in [-0.05, 0) is 55.5 Å². The number of aromatic amines is 1. The van der Waals surface area contributed by atoms with Crippen molar-refractivity contribution in [1.82, 2.24) is 10.3 Å². The first-order chi connectivity index (χ1) is 13.8. The van der Waals surface area contributed by atoms with E-state index < -0.39 is 0 Å². The molecule has 1 aromatic heterocycles. The van der Waals surface area contributed by atoms with E-state index >= 15 is 0 Å². The quantitative estimate of drug-likeness (QED) is 0.702. The number of fused-ring (bicyclic) bond motifs is 1. The van der Waals surface area contributed by atoms with Gasteiger partial charge in [-0.25, -0.2) is 0 Å². The summed E-state index contributed by atoms with van der Waals surface area (Å²) in [6.07, 6.45) is 4.87. The third-order valence-corrected chi connectivity index (χ3v) is 6.20. The molecule has 0 amide bonds. The lowest BCUT2D eigenvalue weighted by Crippen LogP contribution is -2.48. The van der Waals surface area contributed by atoms with Crippen LogP contribution in [-0.4, -0.2) is 43.4 Å². The van der Waals surface area contributed by atoms with Crippen molar-refractivity contribution in [1.29, 1.82) is 0 Å². The van der Waals surface area contributed by atoms with Crippen LogP contribution in [-0.2, 0) is 4.74 Å². The molecule has 2 aliphatic rings. The molecule has 0 saturated carbocycles. The predicted molar refractivity (Wildman–Crippen MR) is 116 cm³/mol. The third-order valence-electron chi connectivity index (χ3n) is 6.20. The van der Waals surface area contributed by atoms with Gasteiger partial charge in [-0.2, -0.15) is 0 Å². The molecule has 3 heterocycles. The summed E-state index contributed by atoms with van der Waals surface area (Å²) in [5, 5.41) is 5.08. The number of rotatable bonds is 4. The average Bonchev–Trinajstić information content (AvgIpc) is 3.20. The Morgan fingerprint density at radius 3 is 2.50 bits per heavy atom. The maximum atomic E-state index is 5.61. The van der Waals surface area contributed by atoms with E-state index in [1.165, 1.54) is 53.5 Å². The summed E-state index contributed by atoms with van der Waals surface area (Å²) in [5.41, 5.74) is 4.96. The van der Waals surface area contributed by atoms with Crippen LogP contribution in [0.25, 0.3) is 22.2 Å². The van der Waals surface area contributed by atoms with Gasteiger partial charge in [0.15, 0.2) is 0 Å². The van der Waals surface area contributed by atoms with Crippen molar-refractivity contribution < 1.29 is 4.74 Å². The Bertz CT molecular complexity index is 870. The molecule has 146 valence electrons. The van der Waals surface area contributed by atoms with E-state index in [2.05, 4.69) is 69.8 Å². The topological polar surface area (TPSA) is 40.3 Å². The predicted octanol–water partition coefficient (Wildman–Crippen LogP) is 4.57. The molecule has 1 atom stereocenters. The Morgan fingerprint density at radius 2 is 1.75 bits per heavy atom. The number of H-pyrrole nitrogens is 1. The second-order valence-electron chi connectivity index (χ2n) is 8.16. The van der Waals surface area contributed by atoms with Crippen LogP contribution in [0, 0.1) is 0 Å². The van der Waals surface area contributed by atoms with Gasteiger partial charge in [0, 0.05) is 54.1 Å². The molecule has 2 aromatic carbocycles. The van der Waals surface area contributed by atoms with Gasteiger partial charge in [-0.15, -0.1) is 0 Å². The minimum Gasteiger partial charge on any atom is -0.380 e. The summed E-state index contributed by atoms with van der Waals surface area (Å²) in [5.74, 6) is 0. The Kier molecular flexibility index (Phi) is 5.06. The van der Waals surface area contributed by atoms with Crippen LogP contribution in [0.4, 0.5) is 5.69 Å². The highest BCUT2D eigenvalue weighted by Crippen LogP contribution is 2.27. The van der Waals surface area contributed by atoms with Crippen LogP contribution < -0.4 is 10.2 Å². The monoisotopic (exact) mass is 375 g/mol. The Hall–Kier alpha value is -2.30. The number of aromatic nitrogens is 1. The van der Waals surface area contributed by atoms with Crippen LogP contribution in [0.1, 0.15) is 25.7 Å². The molecule has 4 heteroatoms. The first-order valence-electron chi connectivity index (χ1n) is 10.6. The van der Waals surface area contributed by atoms with Gasteiger partial charge in [-0.1, -0.05) is 30.3 Å². The molecule has 2 fully saturated rings. The average molecular weight is 376 g/mol. The molecule has 2 aliphatic heterocycles. The molecule has 1 unspecified atom stereocenters. The Balaban J connectivity index is 1.20. The highest BCUT2D eigenvalue weighted by molar-refractivity contribution is 5.85. The van der Waals surface area contributed by atoms with Crippen molar-refractivity contribution in [2.24, 2.45) is 0 Å². The molecule has 0 spiro atoms. The molecule has 2 saturated heterocycles. The van der Waals surface area contributed by atoms with Gasteiger partial charge in [0.1, 0.15) is 0 Å². The Labute approximate surface area is 166 Å². The van der Waals surface area contributed by atoms with E-state index in [1.807, 2.05) is 0 Å². The maximum Gasteiger partial charge on any atom is 0.0619 e. The minimum atomic E-state index is 0.556. The molecular formula is C24H29N3O. The zero-order valence-electron chi connectivity index (χ0n) is 16.4. The largest absolute Gasteiger partial charge is 0.380 e. The molecule has 0 bridgehead atoms. The van der Waals surface area contributed by atoms with Crippen molar-refractivity contribution >= 4 is 16.6 Å². The molecule has 0 aliphatic carbocycles. The number of piperidine rings is 1. The van der Waals surface area contributed by atoms with E-state index in [0.717, 1.165) is 26.3 Å². The van der Waals surface area contributed by atoms with Crippen LogP contribution in [0.2, 0.25) is 0 Å². The normalized spacial score (nSPS) is 21.3. The van der Waals surface area contributed by atoms with Gasteiger partial charge in [0.25, 0.3) is 0 Å². The van der Waals surface area contributed by atoms with E-state index in [0.29, 0.717) is 12.1 Å². The fourth-order valence-electron chi connectivity index (χ4n) is 4.59. The van der Waals surface area contributed by atoms with E-state index in [4.69, 9.17) is 4.74 Å². The summed E-state index contributed by atoms with van der Waals surface area (Å²) in [6.45, 7) is 4.06. The van der Waals surface area contributed by atoms with Crippen LogP contribution >= 0.6 is 0 Å². The van der Waals surface area contributed by atoms with Crippen LogP contribution in [0.15, 0.2) is 54.6 Å². The first-order valence-corrected chi connectivity index (χ1v) is 10.6. The molecule has 5 rings (SSSR count). The van der Waals surface area contributed by atoms with E-state index in [9.17, 15) is 0 Å². The number of anilines is 1. The molecule has 3 aromatic rings. The highest BCUT2D eigenvalue weighted by atomic mass is 16.5. The lowest BCUT2D eigenvalue weighted by Gasteiger charge is -2.36. The standard InChI is InChI=1S/C24H29N3O/c1-2-6-23-19(4-1)16-24(26-23)18-7-9-22(10-8-18)27-13-11-20(12-14-27)25-21-5-3-15-28-17-21/h1-2,4,6-10,16,20-21,25-26H,3,5,11-15,17H2. The van der Waals surface area contributed by atoms with Crippen molar-refractivity contribution in [2.75, 3.05) is 31.2 Å². The fourth-order valence-corrected chi connectivity index (χ4v) is 4.59. The van der Waals surface area contributed by atoms with E-state index in [-0.39, 0.29) is 0 Å². The van der Waals surface area contributed by atoms with Gasteiger partial charge < -0.3 is 19.9 Å². The van der Waals surface area contributed by atoms with Crippen LogP contribution in [0.3, 0.4) is 0 Å². The zero-order valence-corrected chi connectivity index (χ0v) is 16.4.